The van der Waals surface area contributed by atoms with E-state index in [9.17, 15) is 0 Å². The summed E-state index contributed by atoms with van der Waals surface area (Å²) in [7, 11) is 0. The van der Waals surface area contributed by atoms with Gasteiger partial charge in [0, 0.05) is 38.1 Å². The molecule has 4 heteroatoms. The zero-order valence-electron chi connectivity index (χ0n) is 8.80. The number of morpholine rings is 1. The molecule has 0 aliphatic carbocycles. The Morgan fingerprint density at radius 2 is 2.27 bits per heavy atom. The molecule has 0 aromatic carbocycles. The van der Waals surface area contributed by atoms with Gasteiger partial charge in [0.1, 0.15) is 0 Å². The van der Waals surface area contributed by atoms with Gasteiger partial charge >= 0.3 is 0 Å². The summed E-state index contributed by atoms with van der Waals surface area (Å²) >= 11 is 0. The van der Waals surface area contributed by atoms with Crippen molar-refractivity contribution < 1.29 is 4.74 Å². The highest BCUT2D eigenvalue weighted by molar-refractivity contribution is 5.14. The molecule has 0 saturated carbocycles. The molecule has 1 aromatic heterocycles. The van der Waals surface area contributed by atoms with Gasteiger partial charge in [-0.2, -0.15) is 0 Å². The molecule has 1 saturated heterocycles. The van der Waals surface area contributed by atoms with Crippen molar-refractivity contribution in [2.45, 2.75) is 6.04 Å². The summed E-state index contributed by atoms with van der Waals surface area (Å²) in [5, 5.41) is 0. The number of rotatable bonds is 3. The predicted octanol–water partition coefficient (Wildman–Crippen LogP) is 0.414. The molecule has 2 heterocycles. The average Bonchev–Trinajstić information content (AvgIpc) is 2.33. The van der Waals surface area contributed by atoms with Crippen LogP contribution < -0.4 is 5.73 Å². The van der Waals surface area contributed by atoms with Gasteiger partial charge in [-0.3, -0.25) is 9.88 Å². The minimum Gasteiger partial charge on any atom is -0.379 e. The van der Waals surface area contributed by atoms with Gasteiger partial charge < -0.3 is 10.5 Å². The second-order valence-electron chi connectivity index (χ2n) is 3.69. The summed E-state index contributed by atoms with van der Waals surface area (Å²) in [6, 6.07) is 4.32. The lowest BCUT2D eigenvalue weighted by Gasteiger charge is -2.33. The van der Waals surface area contributed by atoms with Gasteiger partial charge in [0.05, 0.1) is 13.2 Å². The number of ether oxygens (including phenoxy) is 1. The topological polar surface area (TPSA) is 51.4 Å². The Labute approximate surface area is 90.0 Å². The van der Waals surface area contributed by atoms with Crippen molar-refractivity contribution in [2.24, 2.45) is 5.73 Å². The van der Waals surface area contributed by atoms with Crippen LogP contribution in [0.5, 0.6) is 0 Å². The lowest BCUT2D eigenvalue weighted by Crippen LogP contribution is -2.41. The Hall–Kier alpha value is -0.970. The summed E-state index contributed by atoms with van der Waals surface area (Å²) < 4.78 is 5.33. The standard InChI is InChI=1S/C11H17N3O/c12-8-11(10-2-1-3-13-9-10)14-4-6-15-7-5-14/h1-3,9,11H,4-8,12H2/t11-/m1/s1. The third kappa shape index (κ3) is 2.53. The molecule has 4 nitrogen and oxygen atoms in total. The fraction of sp³-hybridized carbons (Fsp3) is 0.545. The van der Waals surface area contributed by atoms with Crippen molar-refractivity contribution in [3.05, 3.63) is 30.1 Å². The number of pyridine rings is 1. The molecule has 1 fully saturated rings. The highest BCUT2D eigenvalue weighted by Gasteiger charge is 2.20. The minimum absolute atomic E-state index is 0.280. The molecule has 0 radical (unpaired) electrons. The smallest absolute Gasteiger partial charge is 0.0594 e. The van der Waals surface area contributed by atoms with Gasteiger partial charge in [0.2, 0.25) is 0 Å². The van der Waals surface area contributed by atoms with Crippen LogP contribution in [0, 0.1) is 0 Å². The van der Waals surface area contributed by atoms with Crippen LogP contribution in [0.2, 0.25) is 0 Å². The first kappa shape index (κ1) is 10.5. The molecule has 0 spiro atoms. The zero-order valence-corrected chi connectivity index (χ0v) is 8.80. The first-order valence-electron chi connectivity index (χ1n) is 5.33. The van der Waals surface area contributed by atoms with Gasteiger partial charge in [0.15, 0.2) is 0 Å². The maximum absolute atomic E-state index is 5.83. The number of nitrogens with zero attached hydrogens (tertiary/aromatic N) is 2. The monoisotopic (exact) mass is 207 g/mol. The molecular formula is C11H17N3O. The summed E-state index contributed by atoms with van der Waals surface area (Å²) in [5.41, 5.74) is 7.02. The van der Waals surface area contributed by atoms with Crippen LogP contribution in [0.15, 0.2) is 24.5 Å². The second-order valence-corrected chi connectivity index (χ2v) is 3.69. The molecular weight excluding hydrogens is 190 g/mol. The van der Waals surface area contributed by atoms with E-state index in [1.54, 1.807) is 6.20 Å². The van der Waals surface area contributed by atoms with Gasteiger partial charge in [0.25, 0.3) is 0 Å². The van der Waals surface area contributed by atoms with E-state index in [1.165, 1.54) is 5.56 Å². The zero-order chi connectivity index (χ0) is 10.5. The SMILES string of the molecule is NC[C@H](c1cccnc1)N1CCOCC1. The van der Waals surface area contributed by atoms with Crippen LogP contribution in [-0.4, -0.2) is 42.7 Å². The normalized spacial score (nSPS) is 20.1. The van der Waals surface area contributed by atoms with E-state index in [1.807, 2.05) is 12.3 Å². The third-order valence-corrected chi connectivity index (χ3v) is 2.78. The first-order chi connectivity index (χ1) is 7.42. The van der Waals surface area contributed by atoms with Crippen molar-refractivity contribution in [2.75, 3.05) is 32.8 Å². The summed E-state index contributed by atoms with van der Waals surface area (Å²) in [5.74, 6) is 0. The second kappa shape index (κ2) is 5.21. The number of hydrogen-bond donors (Lipinski definition) is 1. The van der Waals surface area contributed by atoms with Crippen LogP contribution in [0.1, 0.15) is 11.6 Å². The highest BCUT2D eigenvalue weighted by atomic mass is 16.5. The van der Waals surface area contributed by atoms with Crippen molar-refractivity contribution in [1.82, 2.24) is 9.88 Å². The summed E-state index contributed by atoms with van der Waals surface area (Å²) in [6.07, 6.45) is 3.68. The molecule has 0 bridgehead atoms. The van der Waals surface area contributed by atoms with Crippen LogP contribution in [0.4, 0.5) is 0 Å². The molecule has 1 aliphatic heterocycles. The van der Waals surface area contributed by atoms with Gasteiger partial charge in [-0.15, -0.1) is 0 Å². The molecule has 2 N–H and O–H groups in total. The molecule has 15 heavy (non-hydrogen) atoms. The Morgan fingerprint density at radius 1 is 1.47 bits per heavy atom. The Balaban J connectivity index is 2.09. The van der Waals surface area contributed by atoms with Crippen LogP contribution in [-0.2, 0) is 4.74 Å². The van der Waals surface area contributed by atoms with Crippen LogP contribution >= 0.6 is 0 Å². The fourth-order valence-corrected chi connectivity index (χ4v) is 1.96. The van der Waals surface area contributed by atoms with E-state index in [0.717, 1.165) is 26.3 Å². The molecule has 1 aliphatic rings. The van der Waals surface area contributed by atoms with E-state index < -0.39 is 0 Å². The lowest BCUT2D eigenvalue weighted by atomic mass is 10.1. The Kier molecular flexibility index (Phi) is 3.66. The van der Waals surface area contributed by atoms with E-state index >= 15 is 0 Å². The predicted molar refractivity (Wildman–Crippen MR) is 58.4 cm³/mol. The quantitative estimate of drug-likeness (QED) is 0.780. The summed E-state index contributed by atoms with van der Waals surface area (Å²) in [4.78, 5) is 6.50. The van der Waals surface area contributed by atoms with Crippen molar-refractivity contribution in [1.29, 1.82) is 0 Å². The molecule has 0 unspecified atom stereocenters. The van der Waals surface area contributed by atoms with Crippen LogP contribution in [0.25, 0.3) is 0 Å². The molecule has 82 valence electrons. The third-order valence-electron chi connectivity index (χ3n) is 2.78. The molecule has 1 aromatic rings. The maximum Gasteiger partial charge on any atom is 0.0594 e. The van der Waals surface area contributed by atoms with E-state index in [-0.39, 0.29) is 6.04 Å². The van der Waals surface area contributed by atoms with Crippen molar-refractivity contribution >= 4 is 0 Å². The van der Waals surface area contributed by atoms with Crippen molar-refractivity contribution in [3.63, 3.8) is 0 Å². The van der Waals surface area contributed by atoms with Gasteiger partial charge in [-0.1, -0.05) is 6.07 Å². The maximum atomic E-state index is 5.83. The van der Waals surface area contributed by atoms with Crippen molar-refractivity contribution in [3.8, 4) is 0 Å². The Bertz CT molecular complexity index is 285. The fourth-order valence-electron chi connectivity index (χ4n) is 1.96. The lowest BCUT2D eigenvalue weighted by molar-refractivity contribution is 0.0178. The van der Waals surface area contributed by atoms with Gasteiger partial charge in [-0.25, -0.2) is 0 Å². The van der Waals surface area contributed by atoms with E-state index in [4.69, 9.17) is 10.5 Å². The average molecular weight is 207 g/mol. The summed E-state index contributed by atoms with van der Waals surface area (Å²) in [6.45, 7) is 4.15. The number of aromatic nitrogens is 1. The molecule has 1 atom stereocenters. The first-order valence-corrected chi connectivity index (χ1v) is 5.33. The van der Waals surface area contributed by atoms with Gasteiger partial charge in [-0.05, 0) is 11.6 Å². The van der Waals surface area contributed by atoms with Crippen LogP contribution in [0.3, 0.4) is 0 Å². The number of nitrogens with two attached hydrogens (primary N) is 1. The molecule has 0 amide bonds. The Morgan fingerprint density at radius 3 is 2.87 bits per heavy atom. The van der Waals surface area contributed by atoms with E-state index in [0.29, 0.717) is 6.54 Å². The highest BCUT2D eigenvalue weighted by Crippen LogP contribution is 2.19. The molecule has 2 rings (SSSR count). The largest absolute Gasteiger partial charge is 0.379 e. The number of hydrogen-bond acceptors (Lipinski definition) is 4. The minimum atomic E-state index is 0.280. The van der Waals surface area contributed by atoms with E-state index in [2.05, 4.69) is 16.0 Å².